The first-order valence-electron chi connectivity index (χ1n) is 10.4. The van der Waals surface area contributed by atoms with E-state index >= 15 is 0 Å². The number of para-hydroxylation sites is 3. The van der Waals surface area contributed by atoms with Gasteiger partial charge in [-0.15, -0.1) is 0 Å². The van der Waals surface area contributed by atoms with E-state index in [-0.39, 0.29) is 5.56 Å². The quantitative estimate of drug-likeness (QED) is 0.270. The maximum Gasteiger partial charge on any atom is 0.380 e. The van der Waals surface area contributed by atoms with Gasteiger partial charge in [0.05, 0.1) is 5.69 Å². The zero-order valence-electron chi connectivity index (χ0n) is 17.5. The lowest BCUT2D eigenvalue weighted by molar-refractivity contribution is -0.302. The molecule has 0 bridgehead atoms. The van der Waals surface area contributed by atoms with Gasteiger partial charge in [0, 0.05) is 28.1 Å². The molecule has 4 aromatic rings. The van der Waals surface area contributed by atoms with Crippen LogP contribution in [0.4, 0.5) is 43.4 Å². The molecule has 4 aromatic carbocycles. The van der Waals surface area contributed by atoms with Crippen LogP contribution in [-0.2, 0) is 11.8 Å². The van der Waals surface area contributed by atoms with Crippen LogP contribution in [0.15, 0.2) is 103 Å². The summed E-state index contributed by atoms with van der Waals surface area (Å²) in [7, 11) is 0. The fraction of sp³-hybridized carbons (Fsp3) is 0.111. The predicted octanol–water partition coefficient (Wildman–Crippen LogP) is 8.66. The molecule has 0 unspecified atom stereocenters. The number of hydrogen-bond donors (Lipinski definition) is 0. The smallest absolute Gasteiger partial charge is 0.310 e. The summed E-state index contributed by atoms with van der Waals surface area (Å²) in [5, 5.41) is 0. The zero-order valence-corrected chi connectivity index (χ0v) is 17.5. The summed E-state index contributed by atoms with van der Waals surface area (Å²) in [6.07, 6.45) is 0. The van der Waals surface area contributed by atoms with E-state index in [1.165, 1.54) is 6.07 Å². The largest absolute Gasteiger partial charge is 0.380 e. The van der Waals surface area contributed by atoms with E-state index in [1.54, 1.807) is 24.3 Å². The average Bonchev–Trinajstić information content (AvgIpc) is 2.95. The van der Waals surface area contributed by atoms with Crippen molar-refractivity contribution in [1.82, 2.24) is 0 Å². The first kappa shape index (κ1) is 22.1. The van der Waals surface area contributed by atoms with E-state index in [4.69, 9.17) is 0 Å². The molecular weight excluding hydrogens is 452 g/mol. The van der Waals surface area contributed by atoms with Gasteiger partial charge in [0.2, 0.25) is 0 Å². The highest BCUT2D eigenvalue weighted by molar-refractivity contribution is 5.88. The molecule has 0 N–H and O–H groups in total. The van der Waals surface area contributed by atoms with Crippen molar-refractivity contribution in [1.29, 1.82) is 0 Å². The summed E-state index contributed by atoms with van der Waals surface area (Å²) < 4.78 is 85.2. The van der Waals surface area contributed by atoms with Gasteiger partial charge in [0.15, 0.2) is 0 Å². The molecule has 34 heavy (non-hydrogen) atoms. The Labute approximate surface area is 191 Å². The van der Waals surface area contributed by atoms with E-state index in [1.807, 2.05) is 65.6 Å². The van der Waals surface area contributed by atoms with Crippen LogP contribution in [0.1, 0.15) is 11.1 Å². The van der Waals surface area contributed by atoms with E-state index in [2.05, 4.69) is 0 Å². The Hall–Kier alpha value is -3.74. The van der Waals surface area contributed by atoms with Gasteiger partial charge < -0.3 is 4.90 Å². The second-order valence-corrected chi connectivity index (χ2v) is 8.01. The molecule has 0 spiro atoms. The van der Waals surface area contributed by atoms with Gasteiger partial charge in [-0.3, -0.25) is 0 Å². The molecule has 0 fully saturated rings. The van der Waals surface area contributed by atoms with Gasteiger partial charge in [-0.05, 0) is 42.0 Å². The number of alkyl halides is 6. The average molecular weight is 469 g/mol. The highest BCUT2D eigenvalue weighted by Crippen LogP contribution is 2.63. The van der Waals surface area contributed by atoms with Crippen molar-refractivity contribution in [3.63, 3.8) is 0 Å². The number of halogens is 6. The van der Waals surface area contributed by atoms with Crippen LogP contribution in [0.25, 0.3) is 11.1 Å². The van der Waals surface area contributed by atoms with E-state index in [0.29, 0.717) is 17.3 Å². The Balaban J connectivity index is 1.71. The second-order valence-electron chi connectivity index (χ2n) is 8.01. The Kier molecular flexibility index (Phi) is 4.97. The molecule has 1 aliphatic rings. The van der Waals surface area contributed by atoms with Crippen molar-refractivity contribution in [2.45, 2.75) is 17.8 Å². The Morgan fingerprint density at radius 1 is 0.500 bits per heavy atom. The standard InChI is InChI=1S/C27H17F6N/c28-25(29)22-16-15-18(17-23(22)26(30,31)27(25,32)33)21-13-7-8-14-24(21)34(19-9-3-1-4-10-19)20-11-5-2-6-12-20/h1-17H. The highest BCUT2D eigenvalue weighted by atomic mass is 19.3. The molecule has 0 atom stereocenters. The minimum Gasteiger partial charge on any atom is -0.310 e. The summed E-state index contributed by atoms with van der Waals surface area (Å²) in [5.74, 6) is -15.5. The molecule has 0 radical (unpaired) electrons. The van der Waals surface area contributed by atoms with Crippen LogP contribution in [-0.4, -0.2) is 5.92 Å². The summed E-state index contributed by atoms with van der Waals surface area (Å²) in [4.78, 5) is 1.88. The number of nitrogens with zero attached hydrogens (tertiary/aromatic N) is 1. The lowest BCUT2D eigenvalue weighted by Crippen LogP contribution is -2.43. The fourth-order valence-electron chi connectivity index (χ4n) is 4.27. The second kappa shape index (κ2) is 7.65. The van der Waals surface area contributed by atoms with Crippen molar-refractivity contribution in [3.8, 4) is 11.1 Å². The van der Waals surface area contributed by atoms with Crippen molar-refractivity contribution in [2.75, 3.05) is 4.90 Å². The molecule has 0 saturated heterocycles. The molecule has 1 nitrogen and oxygen atoms in total. The number of rotatable bonds is 4. The van der Waals surface area contributed by atoms with Crippen LogP contribution in [0.2, 0.25) is 0 Å². The minimum atomic E-state index is -5.51. The maximum atomic E-state index is 14.5. The van der Waals surface area contributed by atoms with Gasteiger partial charge in [-0.25, -0.2) is 0 Å². The van der Waals surface area contributed by atoms with Crippen molar-refractivity contribution < 1.29 is 26.3 Å². The lowest BCUT2D eigenvalue weighted by Gasteiger charge is -2.28. The SMILES string of the molecule is FC1(F)c2ccc(-c3ccccc3N(c3ccccc3)c3ccccc3)cc2C(F)(F)C1(F)F. The van der Waals surface area contributed by atoms with Crippen molar-refractivity contribution >= 4 is 17.1 Å². The number of anilines is 3. The van der Waals surface area contributed by atoms with Gasteiger partial charge in [0.25, 0.3) is 0 Å². The monoisotopic (exact) mass is 469 g/mol. The molecule has 172 valence electrons. The molecular formula is C27H17F6N. The van der Waals surface area contributed by atoms with Crippen LogP contribution in [0.5, 0.6) is 0 Å². The van der Waals surface area contributed by atoms with Crippen LogP contribution >= 0.6 is 0 Å². The Morgan fingerprint density at radius 2 is 1.00 bits per heavy atom. The Bertz CT molecular complexity index is 1300. The third kappa shape index (κ3) is 3.10. The third-order valence-electron chi connectivity index (χ3n) is 5.97. The topological polar surface area (TPSA) is 3.24 Å². The van der Waals surface area contributed by atoms with Crippen LogP contribution in [0.3, 0.4) is 0 Å². The Morgan fingerprint density at radius 3 is 1.59 bits per heavy atom. The summed E-state index contributed by atoms with van der Waals surface area (Å²) in [6.45, 7) is 0. The van der Waals surface area contributed by atoms with E-state index < -0.39 is 28.9 Å². The van der Waals surface area contributed by atoms with Gasteiger partial charge >= 0.3 is 17.8 Å². The molecule has 7 heteroatoms. The van der Waals surface area contributed by atoms with Gasteiger partial charge in [0.1, 0.15) is 0 Å². The van der Waals surface area contributed by atoms with Gasteiger partial charge in [-0.2, -0.15) is 26.3 Å². The molecule has 1 aliphatic carbocycles. The molecule has 0 saturated carbocycles. The van der Waals surface area contributed by atoms with E-state index in [0.717, 1.165) is 17.4 Å². The third-order valence-corrected chi connectivity index (χ3v) is 5.97. The van der Waals surface area contributed by atoms with Crippen LogP contribution in [0, 0.1) is 0 Å². The number of benzene rings is 4. The summed E-state index contributed by atoms with van der Waals surface area (Å²) in [5.41, 5.74) is -0.0599. The molecule has 0 amide bonds. The molecule has 5 rings (SSSR count). The number of hydrogen-bond acceptors (Lipinski definition) is 1. The summed E-state index contributed by atoms with van der Waals surface area (Å²) >= 11 is 0. The summed E-state index contributed by atoms with van der Waals surface area (Å²) in [6, 6.07) is 27.9. The van der Waals surface area contributed by atoms with Gasteiger partial charge in [-0.1, -0.05) is 66.7 Å². The van der Waals surface area contributed by atoms with Crippen molar-refractivity contribution in [2.24, 2.45) is 0 Å². The van der Waals surface area contributed by atoms with Crippen molar-refractivity contribution in [3.05, 3.63) is 114 Å². The first-order valence-corrected chi connectivity index (χ1v) is 10.4. The fourth-order valence-corrected chi connectivity index (χ4v) is 4.27. The molecule has 0 heterocycles. The normalized spacial score (nSPS) is 17.2. The molecule has 0 aromatic heterocycles. The van der Waals surface area contributed by atoms with E-state index in [9.17, 15) is 26.3 Å². The lowest BCUT2D eigenvalue weighted by atomic mass is 9.97. The maximum absolute atomic E-state index is 14.5. The number of fused-ring (bicyclic) bond motifs is 1. The highest BCUT2D eigenvalue weighted by Gasteiger charge is 2.79. The van der Waals surface area contributed by atoms with Crippen LogP contribution < -0.4 is 4.90 Å². The molecule has 0 aliphatic heterocycles. The first-order chi connectivity index (χ1) is 16.2. The predicted molar refractivity (Wildman–Crippen MR) is 119 cm³/mol. The minimum absolute atomic E-state index is 0.124. The zero-order chi connectivity index (χ0) is 24.1.